The topological polar surface area (TPSA) is 88.8 Å². The lowest BCUT2D eigenvalue weighted by Gasteiger charge is -2.07. The zero-order valence-electron chi connectivity index (χ0n) is 27.4. The Morgan fingerprint density at radius 3 is 2.32 bits per heavy atom. The highest BCUT2D eigenvalue weighted by Gasteiger charge is 2.02. The van der Waals surface area contributed by atoms with Gasteiger partial charge in [-0.1, -0.05) is 129 Å². The van der Waals surface area contributed by atoms with Gasteiger partial charge in [-0.25, -0.2) is 0 Å². The molecule has 0 fully saturated rings. The normalized spacial score (nSPS) is 12.3. The first-order valence-corrected chi connectivity index (χ1v) is 15.4. The number of hydrogen-bond acceptors (Lipinski definition) is 4. The predicted molar refractivity (Wildman–Crippen MR) is 207 cm³/mol. The second kappa shape index (κ2) is 18.7. The number of allylic oxidation sites excluding steroid dienone is 13. The van der Waals surface area contributed by atoms with Gasteiger partial charge in [0.2, 0.25) is 0 Å². The summed E-state index contributed by atoms with van der Waals surface area (Å²) in [5.74, 6) is 0. The van der Waals surface area contributed by atoms with Gasteiger partial charge in [-0.2, -0.15) is 0 Å². The quantitative estimate of drug-likeness (QED) is 0.0840. The van der Waals surface area contributed by atoms with Crippen LogP contribution in [0.5, 0.6) is 0 Å². The molecule has 1 aromatic heterocycles. The number of aryl methyl sites for hydroxylation is 1. The third kappa shape index (κ3) is 10.8. The number of nitrogens with two attached hydrogens (primary N) is 2. The van der Waals surface area contributed by atoms with Gasteiger partial charge in [0.15, 0.2) is 0 Å². The molecule has 3 aromatic carbocycles. The number of benzene rings is 3. The molecule has 0 spiro atoms. The Kier molecular flexibility index (Phi) is 14.1. The first-order chi connectivity index (χ1) is 22.8. The van der Waals surface area contributed by atoms with Crippen molar-refractivity contribution >= 4 is 39.9 Å². The fraction of sp³-hybridized carbons (Fsp3) is 0.0698. The van der Waals surface area contributed by atoms with Crippen molar-refractivity contribution in [3.8, 4) is 0 Å². The SMILES string of the molecule is C=C/C=C(\C=N)c1ccc(C)c(/C=C\C(=C)C(=C)/C=C\C(=C/C)C/C=C\C(=C/N)c2cccnc2)c1.Nc1cccc2ccccc12. The molecule has 1 heterocycles. The van der Waals surface area contributed by atoms with E-state index in [2.05, 4.69) is 74.1 Å². The molecule has 0 aliphatic carbocycles. The van der Waals surface area contributed by atoms with Crippen LogP contribution in [0.2, 0.25) is 0 Å². The van der Waals surface area contributed by atoms with E-state index in [-0.39, 0.29) is 0 Å². The lowest BCUT2D eigenvalue weighted by molar-refractivity contribution is 1.26. The molecule has 0 atom stereocenters. The van der Waals surface area contributed by atoms with Gasteiger partial charge in [-0.3, -0.25) is 4.98 Å². The Hall–Kier alpha value is -6.00. The minimum atomic E-state index is 0.764. The molecule has 0 aliphatic rings. The number of nitrogens with one attached hydrogen (secondary N) is 1. The number of pyridine rings is 1. The first kappa shape index (κ1) is 35.5. The van der Waals surface area contributed by atoms with Crippen molar-refractivity contribution in [2.75, 3.05) is 5.73 Å². The molecule has 47 heavy (non-hydrogen) atoms. The first-order valence-electron chi connectivity index (χ1n) is 15.4. The van der Waals surface area contributed by atoms with Crippen LogP contribution in [0.1, 0.15) is 35.6 Å². The molecule has 4 nitrogen and oxygen atoms in total. The minimum absolute atomic E-state index is 0.764. The lowest BCUT2D eigenvalue weighted by Crippen LogP contribution is -1.89. The van der Waals surface area contributed by atoms with E-state index < -0.39 is 0 Å². The molecule has 0 bridgehead atoms. The molecular weight excluding hydrogens is 573 g/mol. The van der Waals surface area contributed by atoms with Crippen LogP contribution < -0.4 is 11.5 Å². The summed E-state index contributed by atoms with van der Waals surface area (Å²) < 4.78 is 0. The van der Waals surface area contributed by atoms with E-state index >= 15 is 0 Å². The van der Waals surface area contributed by atoms with Gasteiger partial charge >= 0.3 is 0 Å². The maximum absolute atomic E-state index is 7.65. The fourth-order valence-electron chi connectivity index (χ4n) is 4.60. The summed E-state index contributed by atoms with van der Waals surface area (Å²) in [6.45, 7) is 16.2. The monoisotopic (exact) mass is 616 g/mol. The third-order valence-electron chi connectivity index (χ3n) is 7.46. The predicted octanol–water partition coefficient (Wildman–Crippen LogP) is 10.6. The summed E-state index contributed by atoms with van der Waals surface area (Å²) in [5.41, 5.74) is 21.1. The summed E-state index contributed by atoms with van der Waals surface area (Å²) in [5, 5.41) is 9.98. The Morgan fingerprint density at radius 2 is 1.64 bits per heavy atom. The van der Waals surface area contributed by atoms with Crippen LogP contribution >= 0.6 is 0 Å². The summed E-state index contributed by atoms with van der Waals surface area (Å²) >= 11 is 0. The molecule has 236 valence electrons. The maximum atomic E-state index is 7.65. The molecule has 0 saturated heterocycles. The van der Waals surface area contributed by atoms with Gasteiger partial charge in [-0.15, -0.1) is 0 Å². The van der Waals surface area contributed by atoms with Crippen LogP contribution in [-0.4, -0.2) is 11.2 Å². The van der Waals surface area contributed by atoms with Gasteiger partial charge in [0, 0.05) is 41.4 Å². The van der Waals surface area contributed by atoms with Crippen molar-refractivity contribution in [1.82, 2.24) is 4.98 Å². The molecule has 0 radical (unpaired) electrons. The lowest BCUT2D eigenvalue weighted by atomic mass is 9.98. The van der Waals surface area contributed by atoms with Gasteiger partial charge in [-0.05, 0) is 88.4 Å². The second-order valence-corrected chi connectivity index (χ2v) is 10.7. The van der Waals surface area contributed by atoms with Crippen LogP contribution in [0.15, 0.2) is 176 Å². The van der Waals surface area contributed by atoms with E-state index in [1.54, 1.807) is 24.7 Å². The van der Waals surface area contributed by atoms with Crippen LogP contribution in [0.3, 0.4) is 0 Å². The molecule has 4 heteroatoms. The number of rotatable bonds is 12. The van der Waals surface area contributed by atoms with Crippen molar-refractivity contribution < 1.29 is 0 Å². The standard InChI is InChI=1S/C33H35N3.C10H9N/c1-6-10-31(22-34)30-19-16-27(5)29(21-30)18-15-26(4)25(3)14-17-28(7-2)11-8-12-32(23-35)33-13-9-20-36-24-33;11-10-7-3-5-8-4-1-2-6-9(8)10/h6-10,12-24,34H,1,3-4,11,35H2,2,5H3;1-7H,11H2/b12-8-,17-14-,18-15-,28-7-,31-10+,32-23+,34-22?;. The highest BCUT2D eigenvalue weighted by Crippen LogP contribution is 2.22. The van der Waals surface area contributed by atoms with Gasteiger partial charge in [0.1, 0.15) is 0 Å². The van der Waals surface area contributed by atoms with Crippen LogP contribution in [0.4, 0.5) is 5.69 Å². The van der Waals surface area contributed by atoms with Crippen molar-refractivity contribution in [3.05, 3.63) is 199 Å². The smallest absolute Gasteiger partial charge is 0.0393 e. The Bertz CT molecular complexity index is 1890. The number of nitrogen functional groups attached to an aromatic ring is 1. The van der Waals surface area contributed by atoms with Crippen LogP contribution in [0, 0.1) is 12.3 Å². The zero-order chi connectivity index (χ0) is 34.0. The van der Waals surface area contributed by atoms with E-state index in [0.29, 0.717) is 0 Å². The Morgan fingerprint density at radius 1 is 0.872 bits per heavy atom. The van der Waals surface area contributed by atoms with E-state index in [1.165, 1.54) is 11.6 Å². The average molecular weight is 617 g/mol. The fourth-order valence-corrected chi connectivity index (χ4v) is 4.60. The summed E-state index contributed by atoms with van der Waals surface area (Å²) in [6.07, 6.45) is 25.0. The van der Waals surface area contributed by atoms with E-state index in [0.717, 1.165) is 67.6 Å². The molecule has 0 unspecified atom stereocenters. The van der Waals surface area contributed by atoms with Crippen LogP contribution in [0.25, 0.3) is 28.0 Å². The van der Waals surface area contributed by atoms with E-state index in [9.17, 15) is 0 Å². The molecule has 0 amide bonds. The van der Waals surface area contributed by atoms with Gasteiger partial charge in [0.25, 0.3) is 0 Å². The molecule has 0 saturated carbocycles. The van der Waals surface area contributed by atoms with E-state index in [1.807, 2.05) is 85.8 Å². The molecule has 0 aliphatic heterocycles. The van der Waals surface area contributed by atoms with Crippen LogP contribution in [-0.2, 0) is 0 Å². The highest BCUT2D eigenvalue weighted by molar-refractivity contribution is 6.08. The van der Waals surface area contributed by atoms with Crippen molar-refractivity contribution in [3.63, 3.8) is 0 Å². The number of hydrogen-bond donors (Lipinski definition) is 3. The molecule has 4 rings (SSSR count). The minimum Gasteiger partial charge on any atom is -0.404 e. The summed E-state index contributed by atoms with van der Waals surface area (Å²) in [4.78, 5) is 4.15. The van der Waals surface area contributed by atoms with Crippen molar-refractivity contribution in [1.29, 1.82) is 5.41 Å². The maximum Gasteiger partial charge on any atom is 0.0393 e. The summed E-state index contributed by atoms with van der Waals surface area (Å²) in [6, 6.07) is 24.1. The van der Waals surface area contributed by atoms with Gasteiger partial charge in [0.05, 0.1) is 0 Å². The van der Waals surface area contributed by atoms with E-state index in [4.69, 9.17) is 16.9 Å². The Balaban J connectivity index is 0.000000453. The number of nitrogens with zero attached hydrogens (tertiary/aromatic N) is 1. The Labute approximate surface area is 280 Å². The molecular formula is C43H44N4. The second-order valence-electron chi connectivity index (χ2n) is 10.7. The number of aromatic nitrogens is 1. The number of anilines is 1. The van der Waals surface area contributed by atoms with Crippen molar-refractivity contribution in [2.45, 2.75) is 20.3 Å². The average Bonchev–Trinajstić information content (AvgIpc) is 3.10. The zero-order valence-corrected chi connectivity index (χ0v) is 27.4. The highest BCUT2D eigenvalue weighted by atomic mass is 14.6. The third-order valence-corrected chi connectivity index (χ3v) is 7.46. The van der Waals surface area contributed by atoms with Crippen molar-refractivity contribution in [2.24, 2.45) is 5.73 Å². The number of fused-ring (bicyclic) bond motifs is 1. The largest absolute Gasteiger partial charge is 0.404 e. The molecule has 5 N–H and O–H groups in total. The summed E-state index contributed by atoms with van der Waals surface area (Å²) in [7, 11) is 0. The van der Waals surface area contributed by atoms with Gasteiger partial charge < -0.3 is 16.9 Å². The molecule has 4 aromatic rings.